The predicted octanol–water partition coefficient (Wildman–Crippen LogP) is 0.927. The third-order valence-corrected chi connectivity index (χ3v) is 2.24. The summed E-state index contributed by atoms with van der Waals surface area (Å²) >= 11 is 0. The molecule has 0 spiro atoms. The van der Waals surface area contributed by atoms with E-state index in [-0.39, 0.29) is 11.7 Å². The first-order chi connectivity index (χ1) is 5.02. The monoisotopic (exact) mass is 158 g/mol. The number of hydrogen-bond donors (Lipinski definition) is 0. The van der Waals surface area contributed by atoms with Gasteiger partial charge in [-0.15, -0.1) is 0 Å². The molecule has 3 heteroatoms. The Bertz CT molecular complexity index is 178. The van der Waals surface area contributed by atoms with E-state index >= 15 is 0 Å². The lowest BCUT2D eigenvalue weighted by molar-refractivity contribution is -0.179. The lowest BCUT2D eigenvalue weighted by atomic mass is 10.0. The smallest absolute Gasteiger partial charge is 0.164 e. The zero-order chi connectivity index (χ0) is 8.11. The minimum atomic E-state index is -0.427. The Morgan fingerprint density at radius 1 is 1.27 bits per heavy atom. The molecule has 0 aromatic rings. The molecule has 11 heavy (non-hydrogen) atoms. The summed E-state index contributed by atoms with van der Waals surface area (Å²) in [6.45, 7) is 7.24. The first kappa shape index (κ1) is 7.53. The fraction of sp³-hybridized carbons (Fsp3) is 1.00. The molecular weight excluding hydrogens is 144 g/mol. The van der Waals surface area contributed by atoms with Gasteiger partial charge >= 0.3 is 0 Å². The Hall–Kier alpha value is -0.120. The van der Waals surface area contributed by atoms with Crippen LogP contribution in [0.5, 0.6) is 0 Å². The molecule has 0 amide bonds. The molecule has 0 radical (unpaired) electrons. The van der Waals surface area contributed by atoms with Crippen LogP contribution in [0.15, 0.2) is 0 Å². The Balaban J connectivity index is 2.19. The second-order valence-corrected chi connectivity index (χ2v) is 3.94. The molecule has 2 atom stereocenters. The van der Waals surface area contributed by atoms with Crippen molar-refractivity contribution in [3.63, 3.8) is 0 Å². The molecule has 2 fully saturated rings. The van der Waals surface area contributed by atoms with E-state index in [0.717, 1.165) is 0 Å². The van der Waals surface area contributed by atoms with Crippen LogP contribution in [-0.2, 0) is 14.2 Å². The Morgan fingerprint density at radius 3 is 2.64 bits per heavy atom. The van der Waals surface area contributed by atoms with Gasteiger partial charge in [-0.05, 0) is 20.8 Å². The standard InChI is InChI=1S/C8H14O3/c1-7(2)10-6-4-9-5-8(6,3)11-7/h6H,4-5H2,1-3H3/t6-,8+/m1/s1. The number of fused-ring (bicyclic) bond motifs is 1. The summed E-state index contributed by atoms with van der Waals surface area (Å²) < 4.78 is 16.6. The summed E-state index contributed by atoms with van der Waals surface area (Å²) in [7, 11) is 0. The lowest BCUT2D eigenvalue weighted by Gasteiger charge is -2.22. The number of rotatable bonds is 0. The van der Waals surface area contributed by atoms with Crippen LogP contribution in [0.25, 0.3) is 0 Å². The average Bonchev–Trinajstić information content (AvgIpc) is 2.16. The van der Waals surface area contributed by atoms with Crippen molar-refractivity contribution in [2.75, 3.05) is 13.2 Å². The van der Waals surface area contributed by atoms with Crippen molar-refractivity contribution in [2.45, 2.75) is 38.3 Å². The van der Waals surface area contributed by atoms with Gasteiger partial charge in [0.25, 0.3) is 0 Å². The van der Waals surface area contributed by atoms with Crippen molar-refractivity contribution in [1.29, 1.82) is 0 Å². The van der Waals surface area contributed by atoms with Gasteiger partial charge in [0.15, 0.2) is 5.79 Å². The summed E-state index contributed by atoms with van der Waals surface area (Å²) in [6.07, 6.45) is 0.123. The van der Waals surface area contributed by atoms with Gasteiger partial charge in [0.1, 0.15) is 11.7 Å². The summed E-state index contributed by atoms with van der Waals surface area (Å²) in [5.41, 5.74) is -0.205. The topological polar surface area (TPSA) is 27.7 Å². The molecule has 2 saturated heterocycles. The zero-order valence-corrected chi connectivity index (χ0v) is 7.22. The molecular formula is C8H14O3. The average molecular weight is 158 g/mol. The maximum Gasteiger partial charge on any atom is 0.164 e. The van der Waals surface area contributed by atoms with Gasteiger partial charge in [-0.25, -0.2) is 0 Å². The second-order valence-electron chi connectivity index (χ2n) is 3.94. The first-order valence-electron chi connectivity index (χ1n) is 3.98. The van der Waals surface area contributed by atoms with Crippen molar-refractivity contribution in [2.24, 2.45) is 0 Å². The maximum absolute atomic E-state index is 5.71. The molecule has 0 bridgehead atoms. The fourth-order valence-electron chi connectivity index (χ4n) is 1.82. The molecule has 0 aromatic heterocycles. The SMILES string of the molecule is CC1(C)O[C@@H]2COC[C@]2(C)O1. The van der Waals surface area contributed by atoms with E-state index in [2.05, 4.69) is 0 Å². The van der Waals surface area contributed by atoms with Crippen molar-refractivity contribution in [1.82, 2.24) is 0 Å². The zero-order valence-electron chi connectivity index (χ0n) is 7.22. The highest BCUT2D eigenvalue weighted by molar-refractivity contribution is 4.96. The molecule has 2 rings (SSSR count). The van der Waals surface area contributed by atoms with E-state index in [9.17, 15) is 0 Å². The molecule has 2 heterocycles. The second kappa shape index (κ2) is 1.97. The van der Waals surface area contributed by atoms with Crippen LogP contribution >= 0.6 is 0 Å². The number of ether oxygens (including phenoxy) is 3. The summed E-state index contributed by atoms with van der Waals surface area (Å²) in [4.78, 5) is 0. The third kappa shape index (κ3) is 1.08. The molecule has 0 N–H and O–H groups in total. The van der Waals surface area contributed by atoms with E-state index < -0.39 is 5.79 Å². The Labute approximate surface area is 66.6 Å². The van der Waals surface area contributed by atoms with E-state index in [1.165, 1.54) is 0 Å². The van der Waals surface area contributed by atoms with Crippen LogP contribution in [0.2, 0.25) is 0 Å². The minimum Gasteiger partial charge on any atom is -0.376 e. The van der Waals surface area contributed by atoms with E-state index in [1.54, 1.807) is 0 Å². The summed E-state index contributed by atoms with van der Waals surface area (Å²) in [5, 5.41) is 0. The Morgan fingerprint density at radius 2 is 2.00 bits per heavy atom. The van der Waals surface area contributed by atoms with Crippen molar-refractivity contribution in [3.8, 4) is 0 Å². The molecule has 3 nitrogen and oxygen atoms in total. The largest absolute Gasteiger partial charge is 0.376 e. The van der Waals surface area contributed by atoms with Gasteiger partial charge in [-0.3, -0.25) is 0 Å². The van der Waals surface area contributed by atoms with Crippen LogP contribution < -0.4 is 0 Å². The summed E-state index contributed by atoms with van der Waals surface area (Å²) in [5.74, 6) is -0.427. The van der Waals surface area contributed by atoms with Gasteiger partial charge in [0.2, 0.25) is 0 Å². The van der Waals surface area contributed by atoms with E-state index in [0.29, 0.717) is 13.2 Å². The van der Waals surface area contributed by atoms with Gasteiger partial charge in [0, 0.05) is 0 Å². The van der Waals surface area contributed by atoms with Crippen molar-refractivity contribution >= 4 is 0 Å². The van der Waals surface area contributed by atoms with Crippen LogP contribution in [0.3, 0.4) is 0 Å². The quantitative estimate of drug-likeness (QED) is 0.525. The van der Waals surface area contributed by atoms with Gasteiger partial charge in [-0.2, -0.15) is 0 Å². The van der Waals surface area contributed by atoms with Gasteiger partial charge in [-0.1, -0.05) is 0 Å². The molecule has 2 aliphatic heterocycles. The summed E-state index contributed by atoms with van der Waals surface area (Å²) in [6, 6.07) is 0. The van der Waals surface area contributed by atoms with Gasteiger partial charge in [0.05, 0.1) is 13.2 Å². The molecule has 0 saturated carbocycles. The minimum absolute atomic E-state index is 0.123. The van der Waals surface area contributed by atoms with Crippen LogP contribution in [-0.4, -0.2) is 30.7 Å². The maximum atomic E-state index is 5.71. The first-order valence-corrected chi connectivity index (χ1v) is 3.98. The highest BCUT2D eigenvalue weighted by Crippen LogP contribution is 2.39. The Kier molecular flexibility index (Phi) is 1.35. The van der Waals surface area contributed by atoms with E-state index in [4.69, 9.17) is 14.2 Å². The van der Waals surface area contributed by atoms with Crippen molar-refractivity contribution < 1.29 is 14.2 Å². The molecule has 2 aliphatic rings. The van der Waals surface area contributed by atoms with E-state index in [1.807, 2.05) is 20.8 Å². The normalized spacial score (nSPS) is 47.7. The van der Waals surface area contributed by atoms with Crippen LogP contribution in [0.1, 0.15) is 20.8 Å². The van der Waals surface area contributed by atoms with Crippen molar-refractivity contribution in [3.05, 3.63) is 0 Å². The van der Waals surface area contributed by atoms with Crippen LogP contribution in [0, 0.1) is 0 Å². The highest BCUT2D eigenvalue weighted by atomic mass is 16.8. The van der Waals surface area contributed by atoms with Crippen LogP contribution in [0.4, 0.5) is 0 Å². The molecule has 0 unspecified atom stereocenters. The number of hydrogen-bond acceptors (Lipinski definition) is 3. The molecule has 0 aliphatic carbocycles. The lowest BCUT2D eigenvalue weighted by Crippen LogP contribution is -2.35. The third-order valence-electron chi connectivity index (χ3n) is 2.24. The predicted molar refractivity (Wildman–Crippen MR) is 39.3 cm³/mol. The van der Waals surface area contributed by atoms with Gasteiger partial charge < -0.3 is 14.2 Å². The molecule has 0 aromatic carbocycles. The highest BCUT2D eigenvalue weighted by Gasteiger charge is 2.53. The molecule has 64 valence electrons. The fourth-order valence-corrected chi connectivity index (χ4v) is 1.82.